The van der Waals surface area contributed by atoms with Crippen LogP contribution in [0, 0.1) is 11.8 Å². The van der Waals surface area contributed by atoms with Gasteiger partial charge in [-0.1, -0.05) is 19.3 Å². The zero-order valence-corrected chi connectivity index (χ0v) is 9.47. The van der Waals surface area contributed by atoms with E-state index in [4.69, 9.17) is 0 Å². The molecule has 0 aromatic rings. The van der Waals surface area contributed by atoms with Crippen LogP contribution in [0.3, 0.4) is 0 Å². The second-order valence-electron chi connectivity index (χ2n) is 3.96. The van der Waals surface area contributed by atoms with E-state index in [1.165, 1.54) is 38.9 Å². The van der Waals surface area contributed by atoms with Crippen molar-refractivity contribution in [1.29, 1.82) is 0 Å². The molecular weight excluding hydrogens is 172 g/mol. The molecule has 80 valence electrons. The lowest BCUT2D eigenvalue weighted by atomic mass is 10.1. The Bertz CT molecular complexity index is 202. The molecule has 1 N–H and O–H groups in total. The van der Waals surface area contributed by atoms with Gasteiger partial charge in [-0.05, 0) is 26.3 Å². The van der Waals surface area contributed by atoms with Crippen LogP contribution < -0.4 is 5.32 Å². The first-order valence-electron chi connectivity index (χ1n) is 5.72. The highest BCUT2D eigenvalue weighted by molar-refractivity contribution is 4.98. The molecule has 1 atom stereocenters. The molecule has 0 bridgehead atoms. The van der Waals surface area contributed by atoms with E-state index in [9.17, 15) is 0 Å². The summed E-state index contributed by atoms with van der Waals surface area (Å²) in [6.45, 7) is 8.64. The van der Waals surface area contributed by atoms with E-state index < -0.39 is 0 Å². The molecule has 1 aliphatic rings. The minimum Gasteiger partial charge on any atom is -0.313 e. The van der Waals surface area contributed by atoms with Gasteiger partial charge in [-0.15, -0.1) is 5.92 Å². The average molecular weight is 194 g/mol. The molecule has 0 saturated carbocycles. The summed E-state index contributed by atoms with van der Waals surface area (Å²) in [5.41, 5.74) is 0. The highest BCUT2D eigenvalue weighted by atomic mass is 15.2. The molecule has 0 aromatic heterocycles. The topological polar surface area (TPSA) is 15.3 Å². The summed E-state index contributed by atoms with van der Waals surface area (Å²) in [6, 6.07) is 0.682. The zero-order chi connectivity index (χ0) is 10.2. The van der Waals surface area contributed by atoms with Gasteiger partial charge in [0.1, 0.15) is 0 Å². The van der Waals surface area contributed by atoms with Crippen molar-refractivity contribution in [3.05, 3.63) is 0 Å². The molecule has 14 heavy (non-hydrogen) atoms. The van der Waals surface area contributed by atoms with E-state index in [0.717, 1.165) is 6.54 Å². The van der Waals surface area contributed by atoms with Crippen LogP contribution >= 0.6 is 0 Å². The summed E-state index contributed by atoms with van der Waals surface area (Å²) in [7, 11) is 0. The first kappa shape index (κ1) is 11.6. The summed E-state index contributed by atoms with van der Waals surface area (Å²) < 4.78 is 0. The maximum absolute atomic E-state index is 3.60. The lowest BCUT2D eigenvalue weighted by Crippen LogP contribution is -2.37. The van der Waals surface area contributed by atoms with Gasteiger partial charge in [0.05, 0.1) is 6.54 Å². The SMILES string of the molecule is CC#CCN1CCCNC(CCC)C1. The van der Waals surface area contributed by atoms with Gasteiger partial charge in [-0.25, -0.2) is 0 Å². The van der Waals surface area contributed by atoms with Gasteiger partial charge in [0, 0.05) is 19.1 Å². The van der Waals surface area contributed by atoms with E-state index in [-0.39, 0.29) is 0 Å². The Labute approximate surface area is 88.1 Å². The minimum atomic E-state index is 0.682. The predicted octanol–water partition coefficient (Wildman–Crippen LogP) is 1.47. The Balaban J connectivity index is 2.37. The molecule has 0 amide bonds. The third-order valence-corrected chi connectivity index (χ3v) is 2.68. The summed E-state index contributed by atoms with van der Waals surface area (Å²) in [5.74, 6) is 6.13. The van der Waals surface area contributed by atoms with Crippen LogP contribution in [0.4, 0.5) is 0 Å². The van der Waals surface area contributed by atoms with Crippen LogP contribution in [0.5, 0.6) is 0 Å². The Hall–Kier alpha value is -0.520. The van der Waals surface area contributed by atoms with Crippen molar-refractivity contribution in [2.24, 2.45) is 0 Å². The molecule has 2 heteroatoms. The summed E-state index contributed by atoms with van der Waals surface area (Å²) in [6.07, 6.45) is 3.81. The van der Waals surface area contributed by atoms with Gasteiger partial charge in [-0.2, -0.15) is 0 Å². The third kappa shape index (κ3) is 4.13. The second kappa shape index (κ2) is 6.86. The van der Waals surface area contributed by atoms with Gasteiger partial charge < -0.3 is 5.32 Å². The van der Waals surface area contributed by atoms with Gasteiger partial charge >= 0.3 is 0 Å². The Morgan fingerprint density at radius 1 is 1.50 bits per heavy atom. The maximum Gasteiger partial charge on any atom is 0.0602 e. The molecule has 1 unspecified atom stereocenters. The molecule has 1 saturated heterocycles. The first-order valence-corrected chi connectivity index (χ1v) is 5.72. The number of nitrogens with zero attached hydrogens (tertiary/aromatic N) is 1. The molecule has 0 aliphatic carbocycles. The number of hydrogen-bond acceptors (Lipinski definition) is 2. The number of rotatable bonds is 3. The molecule has 1 heterocycles. The molecule has 0 spiro atoms. The van der Waals surface area contributed by atoms with Gasteiger partial charge in [0.25, 0.3) is 0 Å². The first-order chi connectivity index (χ1) is 6.86. The lowest BCUT2D eigenvalue weighted by molar-refractivity contribution is 0.292. The van der Waals surface area contributed by atoms with Crippen molar-refractivity contribution in [2.75, 3.05) is 26.2 Å². The Morgan fingerprint density at radius 2 is 2.36 bits per heavy atom. The normalized spacial score (nSPS) is 23.7. The van der Waals surface area contributed by atoms with Crippen molar-refractivity contribution in [2.45, 2.75) is 39.2 Å². The van der Waals surface area contributed by atoms with Crippen molar-refractivity contribution >= 4 is 0 Å². The van der Waals surface area contributed by atoms with Crippen molar-refractivity contribution in [3.63, 3.8) is 0 Å². The van der Waals surface area contributed by atoms with Gasteiger partial charge in [0.2, 0.25) is 0 Å². The van der Waals surface area contributed by atoms with Crippen LogP contribution in [0.2, 0.25) is 0 Å². The van der Waals surface area contributed by atoms with E-state index in [2.05, 4.69) is 29.0 Å². The van der Waals surface area contributed by atoms with E-state index in [1.807, 2.05) is 6.92 Å². The fraction of sp³-hybridized carbons (Fsp3) is 0.833. The van der Waals surface area contributed by atoms with E-state index in [0.29, 0.717) is 6.04 Å². The quantitative estimate of drug-likeness (QED) is 0.685. The Morgan fingerprint density at radius 3 is 3.07 bits per heavy atom. The molecule has 1 rings (SSSR count). The van der Waals surface area contributed by atoms with Crippen LogP contribution in [0.15, 0.2) is 0 Å². The van der Waals surface area contributed by atoms with E-state index >= 15 is 0 Å². The second-order valence-corrected chi connectivity index (χ2v) is 3.96. The maximum atomic E-state index is 3.60. The molecule has 0 aromatic carbocycles. The van der Waals surface area contributed by atoms with Gasteiger partial charge in [0.15, 0.2) is 0 Å². The van der Waals surface area contributed by atoms with E-state index in [1.54, 1.807) is 0 Å². The smallest absolute Gasteiger partial charge is 0.0602 e. The summed E-state index contributed by atoms with van der Waals surface area (Å²) >= 11 is 0. The Kier molecular flexibility index (Phi) is 5.66. The standard InChI is InChI=1S/C12H22N2/c1-3-5-9-14-10-6-8-13-12(11-14)7-4-2/h12-13H,4,6-11H2,1-2H3. The lowest BCUT2D eigenvalue weighted by Gasteiger charge is -2.21. The minimum absolute atomic E-state index is 0.682. The van der Waals surface area contributed by atoms with Crippen molar-refractivity contribution in [3.8, 4) is 11.8 Å². The predicted molar refractivity (Wildman–Crippen MR) is 61.2 cm³/mol. The van der Waals surface area contributed by atoms with Crippen LogP contribution in [0.25, 0.3) is 0 Å². The highest BCUT2D eigenvalue weighted by Crippen LogP contribution is 2.04. The summed E-state index contributed by atoms with van der Waals surface area (Å²) in [4.78, 5) is 2.47. The van der Waals surface area contributed by atoms with Crippen LogP contribution in [-0.2, 0) is 0 Å². The van der Waals surface area contributed by atoms with Crippen molar-refractivity contribution in [1.82, 2.24) is 10.2 Å². The fourth-order valence-corrected chi connectivity index (χ4v) is 1.95. The molecule has 0 radical (unpaired) electrons. The van der Waals surface area contributed by atoms with Gasteiger partial charge in [-0.3, -0.25) is 4.90 Å². The van der Waals surface area contributed by atoms with Crippen LogP contribution in [-0.4, -0.2) is 37.1 Å². The fourth-order valence-electron chi connectivity index (χ4n) is 1.95. The molecular formula is C12H22N2. The zero-order valence-electron chi connectivity index (χ0n) is 9.47. The average Bonchev–Trinajstić information content (AvgIpc) is 2.41. The number of nitrogens with one attached hydrogen (secondary N) is 1. The number of hydrogen-bond donors (Lipinski definition) is 1. The molecule has 1 aliphatic heterocycles. The largest absolute Gasteiger partial charge is 0.313 e. The van der Waals surface area contributed by atoms with Crippen molar-refractivity contribution < 1.29 is 0 Å². The molecule has 2 nitrogen and oxygen atoms in total. The van der Waals surface area contributed by atoms with Crippen LogP contribution in [0.1, 0.15) is 33.1 Å². The molecule has 1 fully saturated rings. The highest BCUT2D eigenvalue weighted by Gasteiger charge is 2.15. The monoisotopic (exact) mass is 194 g/mol. The third-order valence-electron chi connectivity index (χ3n) is 2.68. The summed E-state index contributed by atoms with van der Waals surface area (Å²) in [5, 5.41) is 3.60.